The van der Waals surface area contributed by atoms with Crippen LogP contribution in [-0.2, 0) is 4.74 Å². The van der Waals surface area contributed by atoms with Crippen LogP contribution in [0.4, 0.5) is 20.4 Å². The predicted octanol–water partition coefficient (Wildman–Crippen LogP) is 3.83. The van der Waals surface area contributed by atoms with E-state index in [9.17, 15) is 13.6 Å². The number of aryl methyl sites for hydroxylation is 1. The molecule has 0 saturated carbocycles. The number of carbonyl (C=O) groups excluding carboxylic acids is 1. The van der Waals surface area contributed by atoms with Crippen LogP contribution < -0.4 is 10.6 Å². The van der Waals surface area contributed by atoms with Crippen LogP contribution >= 0.6 is 0 Å². The highest BCUT2D eigenvalue weighted by atomic mass is 19.1. The summed E-state index contributed by atoms with van der Waals surface area (Å²) in [6.07, 6.45) is 6.49. The topological polar surface area (TPSA) is 93.4 Å². The number of pyridine rings is 1. The Balaban J connectivity index is 1.39. The van der Waals surface area contributed by atoms with Crippen molar-refractivity contribution in [3.63, 3.8) is 0 Å². The molecule has 2 N–H and O–H groups in total. The van der Waals surface area contributed by atoms with Gasteiger partial charge in [0.1, 0.15) is 11.6 Å². The van der Waals surface area contributed by atoms with Crippen molar-refractivity contribution >= 4 is 23.1 Å². The lowest BCUT2D eigenvalue weighted by Gasteiger charge is -2.13. The summed E-state index contributed by atoms with van der Waals surface area (Å²) in [6.45, 7) is 2.99. The molecule has 4 heterocycles. The number of halogens is 2. The first-order valence-electron chi connectivity index (χ1n) is 10.4. The maximum absolute atomic E-state index is 14.8. The van der Waals surface area contributed by atoms with Crippen molar-refractivity contribution in [2.75, 3.05) is 23.8 Å². The third-order valence-electron chi connectivity index (χ3n) is 5.51. The van der Waals surface area contributed by atoms with Gasteiger partial charge in [0.2, 0.25) is 5.95 Å². The number of carbonyl (C=O) groups is 1. The molecule has 0 unspecified atom stereocenters. The smallest absolute Gasteiger partial charge is 0.259 e. The van der Waals surface area contributed by atoms with Gasteiger partial charge in [-0.25, -0.2) is 23.3 Å². The van der Waals surface area contributed by atoms with Crippen molar-refractivity contribution in [1.29, 1.82) is 0 Å². The zero-order chi connectivity index (χ0) is 22.9. The first-order valence-corrected chi connectivity index (χ1v) is 10.4. The molecule has 0 bridgehead atoms. The van der Waals surface area contributed by atoms with Crippen LogP contribution in [0.3, 0.4) is 0 Å². The third-order valence-corrected chi connectivity index (χ3v) is 5.51. The van der Waals surface area contributed by atoms with E-state index in [0.717, 1.165) is 6.42 Å². The SMILES string of the molecule is Cc1cc(F)c(-c2cnc(N[C@H]3CCOC3)nc2)cc1NC(=O)c1cnn2cc(F)ccc12. The van der Waals surface area contributed by atoms with Crippen molar-refractivity contribution < 1.29 is 18.3 Å². The summed E-state index contributed by atoms with van der Waals surface area (Å²) < 4.78 is 34.8. The predicted molar refractivity (Wildman–Crippen MR) is 118 cm³/mol. The lowest BCUT2D eigenvalue weighted by molar-refractivity contribution is 0.102. The quantitative estimate of drug-likeness (QED) is 0.480. The number of hydrogen-bond donors (Lipinski definition) is 2. The molecule has 8 nitrogen and oxygen atoms in total. The van der Waals surface area contributed by atoms with Crippen LogP contribution in [0.25, 0.3) is 16.6 Å². The van der Waals surface area contributed by atoms with Crippen molar-refractivity contribution in [2.24, 2.45) is 0 Å². The van der Waals surface area contributed by atoms with Gasteiger partial charge >= 0.3 is 0 Å². The normalized spacial score (nSPS) is 15.7. The molecule has 1 aliphatic rings. The van der Waals surface area contributed by atoms with Gasteiger partial charge in [-0.2, -0.15) is 5.10 Å². The Morgan fingerprint density at radius 2 is 2.00 bits per heavy atom. The zero-order valence-corrected chi connectivity index (χ0v) is 17.7. The van der Waals surface area contributed by atoms with Crippen LogP contribution in [0.2, 0.25) is 0 Å². The Morgan fingerprint density at radius 1 is 1.18 bits per heavy atom. The average Bonchev–Trinajstić information content (AvgIpc) is 3.46. The Labute approximate surface area is 187 Å². The van der Waals surface area contributed by atoms with E-state index in [2.05, 4.69) is 25.7 Å². The van der Waals surface area contributed by atoms with Crippen molar-refractivity contribution in [2.45, 2.75) is 19.4 Å². The summed E-state index contributed by atoms with van der Waals surface area (Å²) in [5.41, 5.74) is 2.44. The van der Waals surface area contributed by atoms with Gasteiger partial charge in [-0.3, -0.25) is 4.79 Å². The Kier molecular flexibility index (Phi) is 5.43. The van der Waals surface area contributed by atoms with Gasteiger partial charge in [0.15, 0.2) is 0 Å². The van der Waals surface area contributed by atoms with Gasteiger partial charge in [-0.15, -0.1) is 0 Å². The van der Waals surface area contributed by atoms with E-state index in [4.69, 9.17) is 4.74 Å². The van der Waals surface area contributed by atoms with Gasteiger partial charge in [0.05, 0.1) is 36.1 Å². The molecule has 33 heavy (non-hydrogen) atoms. The Hall–Kier alpha value is -3.92. The summed E-state index contributed by atoms with van der Waals surface area (Å²) in [5.74, 6) is -0.909. The fourth-order valence-electron chi connectivity index (χ4n) is 3.72. The number of nitrogens with one attached hydrogen (secondary N) is 2. The Morgan fingerprint density at radius 3 is 2.76 bits per heavy atom. The summed E-state index contributed by atoms with van der Waals surface area (Å²) in [5, 5.41) is 10.00. The van der Waals surface area contributed by atoms with Crippen molar-refractivity contribution in [1.82, 2.24) is 19.6 Å². The maximum atomic E-state index is 14.8. The molecule has 168 valence electrons. The van der Waals surface area contributed by atoms with E-state index in [1.807, 2.05) is 0 Å². The number of nitrogens with zero attached hydrogens (tertiary/aromatic N) is 4. The minimum atomic E-state index is -0.461. The van der Waals surface area contributed by atoms with Crippen LogP contribution in [0, 0.1) is 18.6 Å². The van der Waals surface area contributed by atoms with Crippen LogP contribution in [0.1, 0.15) is 22.3 Å². The molecule has 1 atom stereocenters. The van der Waals surface area contributed by atoms with E-state index >= 15 is 0 Å². The third kappa shape index (κ3) is 4.24. The number of benzene rings is 1. The molecule has 0 radical (unpaired) electrons. The summed E-state index contributed by atoms with van der Waals surface area (Å²) in [7, 11) is 0. The average molecular weight is 450 g/mol. The molecule has 1 amide bonds. The van der Waals surface area contributed by atoms with Crippen LogP contribution in [-0.4, -0.2) is 44.7 Å². The molecule has 1 aromatic carbocycles. The largest absolute Gasteiger partial charge is 0.379 e. The summed E-state index contributed by atoms with van der Waals surface area (Å²) in [6, 6.07) is 5.78. The van der Waals surface area contributed by atoms with Gasteiger partial charge in [-0.05, 0) is 43.2 Å². The lowest BCUT2D eigenvalue weighted by atomic mass is 10.0. The van der Waals surface area contributed by atoms with Gasteiger partial charge in [0.25, 0.3) is 5.91 Å². The fourth-order valence-corrected chi connectivity index (χ4v) is 3.72. The van der Waals surface area contributed by atoms with E-state index in [1.54, 1.807) is 13.0 Å². The maximum Gasteiger partial charge on any atom is 0.259 e. The molecule has 10 heteroatoms. The number of rotatable bonds is 5. The Bertz CT molecular complexity index is 1330. The number of amides is 1. The standard InChI is InChI=1S/C23H20F2N6O2/c1-13-6-19(25)17(14-8-26-23(27-9-14)29-16-4-5-33-12-16)7-20(13)30-22(32)18-10-28-31-11-15(24)2-3-21(18)31/h2-3,6-11,16H,4-5,12H2,1H3,(H,30,32)(H,26,27,29)/t16-/m0/s1. The minimum Gasteiger partial charge on any atom is -0.379 e. The molecule has 3 aromatic heterocycles. The highest BCUT2D eigenvalue weighted by molar-refractivity contribution is 6.09. The van der Waals surface area contributed by atoms with Crippen molar-refractivity contribution in [3.05, 3.63) is 71.8 Å². The molecule has 1 aliphatic heterocycles. The fraction of sp³-hybridized carbons (Fsp3) is 0.217. The minimum absolute atomic E-state index is 0.158. The second-order valence-corrected chi connectivity index (χ2v) is 7.84. The molecule has 5 rings (SSSR count). The zero-order valence-electron chi connectivity index (χ0n) is 17.7. The van der Waals surface area contributed by atoms with Gasteiger partial charge < -0.3 is 15.4 Å². The number of anilines is 2. The molecule has 0 aliphatic carbocycles. The number of fused-ring (bicyclic) bond motifs is 1. The first-order chi connectivity index (χ1) is 16.0. The molecule has 1 saturated heterocycles. The van der Waals surface area contributed by atoms with Gasteiger partial charge in [0, 0.05) is 35.8 Å². The monoisotopic (exact) mass is 450 g/mol. The van der Waals surface area contributed by atoms with E-state index in [-0.39, 0.29) is 17.2 Å². The number of hydrogen-bond acceptors (Lipinski definition) is 6. The molecular formula is C23H20F2N6O2. The highest BCUT2D eigenvalue weighted by Gasteiger charge is 2.18. The first kappa shape index (κ1) is 21.0. The number of ether oxygens (including phenoxy) is 1. The highest BCUT2D eigenvalue weighted by Crippen LogP contribution is 2.29. The van der Waals surface area contributed by atoms with E-state index < -0.39 is 17.5 Å². The molecular weight excluding hydrogens is 430 g/mol. The molecule has 1 fully saturated rings. The van der Waals surface area contributed by atoms with Crippen molar-refractivity contribution in [3.8, 4) is 11.1 Å². The van der Waals surface area contributed by atoms with Crippen LogP contribution in [0.15, 0.2) is 49.1 Å². The molecule has 0 spiro atoms. The second-order valence-electron chi connectivity index (χ2n) is 7.84. The number of aromatic nitrogens is 4. The van der Waals surface area contributed by atoms with Gasteiger partial charge in [-0.1, -0.05) is 0 Å². The van der Waals surface area contributed by atoms with E-state index in [1.165, 1.54) is 47.5 Å². The summed E-state index contributed by atoms with van der Waals surface area (Å²) in [4.78, 5) is 21.4. The van der Waals surface area contributed by atoms with E-state index in [0.29, 0.717) is 41.5 Å². The second kappa shape index (κ2) is 8.55. The van der Waals surface area contributed by atoms with Crippen LogP contribution in [0.5, 0.6) is 0 Å². The lowest BCUT2D eigenvalue weighted by Crippen LogP contribution is -2.20. The summed E-state index contributed by atoms with van der Waals surface area (Å²) >= 11 is 0. The molecule has 4 aromatic rings.